The quantitative estimate of drug-likeness (QED) is 0.590. The first kappa shape index (κ1) is 10.2. The minimum absolute atomic E-state index is 0.208. The Labute approximate surface area is 66.4 Å². The van der Waals surface area contributed by atoms with E-state index in [1.165, 1.54) is 6.08 Å². The molecule has 0 aliphatic rings. The molecule has 11 heavy (non-hydrogen) atoms. The summed E-state index contributed by atoms with van der Waals surface area (Å²) in [5.74, 6) is -0.973. The number of hydrogen-bond acceptors (Lipinski definition) is 2. The molecule has 0 radical (unpaired) electrons. The van der Waals surface area contributed by atoms with Crippen molar-refractivity contribution in [3.05, 3.63) is 12.2 Å². The van der Waals surface area contributed by atoms with E-state index in [0.717, 1.165) is 12.8 Å². The Hall–Kier alpha value is -0.830. The number of unbranched alkanes of at least 4 members (excludes halogenated alkanes) is 1. The number of carboxylic acid groups (broad SMARTS) is 1. The van der Waals surface area contributed by atoms with Gasteiger partial charge in [-0.25, -0.2) is 0 Å². The van der Waals surface area contributed by atoms with Gasteiger partial charge in [0.1, 0.15) is 0 Å². The second kappa shape index (κ2) is 5.92. The van der Waals surface area contributed by atoms with E-state index < -0.39 is 12.1 Å². The van der Waals surface area contributed by atoms with E-state index in [0.29, 0.717) is 0 Å². The van der Waals surface area contributed by atoms with Crippen LogP contribution < -0.4 is 0 Å². The number of carbonyl (C=O) groups is 1. The average Bonchev–Trinajstić information content (AvgIpc) is 1.86. The summed E-state index contributed by atoms with van der Waals surface area (Å²) in [6, 6.07) is 0. The third kappa shape index (κ3) is 7.06. The van der Waals surface area contributed by atoms with Gasteiger partial charge in [0.2, 0.25) is 0 Å². The fourth-order valence-corrected chi connectivity index (χ4v) is 0.667. The van der Waals surface area contributed by atoms with E-state index in [-0.39, 0.29) is 6.42 Å². The highest BCUT2D eigenvalue weighted by Gasteiger charge is 2.03. The molecule has 3 heteroatoms. The zero-order valence-corrected chi connectivity index (χ0v) is 6.66. The first-order chi connectivity index (χ1) is 5.16. The number of carboxylic acids is 1. The fraction of sp³-hybridized carbons (Fsp3) is 0.625. The molecule has 0 rings (SSSR count). The molecule has 0 aliphatic heterocycles. The Morgan fingerprint density at radius 2 is 2.27 bits per heavy atom. The molecule has 0 spiro atoms. The summed E-state index contributed by atoms with van der Waals surface area (Å²) in [7, 11) is 0. The van der Waals surface area contributed by atoms with E-state index in [4.69, 9.17) is 10.2 Å². The number of hydrogen-bond donors (Lipinski definition) is 2. The number of aliphatic hydroxyl groups excluding tert-OH is 1. The molecular formula is C8H14O3. The van der Waals surface area contributed by atoms with E-state index in [9.17, 15) is 4.79 Å². The maximum absolute atomic E-state index is 10.0. The van der Waals surface area contributed by atoms with Crippen LogP contribution >= 0.6 is 0 Å². The van der Waals surface area contributed by atoms with Gasteiger partial charge < -0.3 is 10.2 Å². The molecule has 0 aromatic carbocycles. The molecule has 0 aromatic rings. The number of aliphatic hydroxyl groups is 1. The van der Waals surface area contributed by atoms with Crippen molar-refractivity contribution in [1.29, 1.82) is 0 Å². The molecule has 1 unspecified atom stereocenters. The van der Waals surface area contributed by atoms with E-state index in [1.54, 1.807) is 6.08 Å². The Kier molecular flexibility index (Phi) is 5.47. The molecular weight excluding hydrogens is 144 g/mol. The normalized spacial score (nSPS) is 13.6. The van der Waals surface area contributed by atoms with Crippen LogP contribution in [0.25, 0.3) is 0 Å². The van der Waals surface area contributed by atoms with Crippen molar-refractivity contribution < 1.29 is 15.0 Å². The van der Waals surface area contributed by atoms with Gasteiger partial charge in [0, 0.05) is 0 Å². The van der Waals surface area contributed by atoms with Gasteiger partial charge in [-0.1, -0.05) is 25.5 Å². The average molecular weight is 158 g/mol. The maximum atomic E-state index is 10.0. The predicted molar refractivity (Wildman–Crippen MR) is 42.3 cm³/mol. The SMILES string of the molecule is CCCC=CC(O)CC(=O)O. The number of aliphatic carboxylic acids is 1. The lowest BCUT2D eigenvalue weighted by atomic mass is 10.2. The Morgan fingerprint density at radius 3 is 2.73 bits per heavy atom. The minimum atomic E-state index is -0.973. The van der Waals surface area contributed by atoms with Crippen LogP contribution in [0, 0.1) is 0 Å². The lowest BCUT2D eigenvalue weighted by Gasteiger charge is -1.98. The molecule has 1 atom stereocenters. The summed E-state index contributed by atoms with van der Waals surface area (Å²) < 4.78 is 0. The molecule has 0 amide bonds. The van der Waals surface area contributed by atoms with Crippen molar-refractivity contribution in [2.24, 2.45) is 0 Å². The maximum Gasteiger partial charge on any atom is 0.306 e. The second-order valence-electron chi connectivity index (χ2n) is 2.38. The third-order valence-electron chi connectivity index (χ3n) is 1.20. The zero-order chi connectivity index (χ0) is 8.69. The summed E-state index contributed by atoms with van der Waals surface area (Å²) in [5, 5.41) is 17.2. The standard InChI is InChI=1S/C8H14O3/c1-2-3-4-5-7(9)6-8(10)11/h4-5,7,9H,2-3,6H2,1H3,(H,10,11). The first-order valence-electron chi connectivity index (χ1n) is 3.73. The topological polar surface area (TPSA) is 57.5 Å². The summed E-state index contributed by atoms with van der Waals surface area (Å²) >= 11 is 0. The van der Waals surface area contributed by atoms with Crippen molar-refractivity contribution >= 4 is 5.97 Å². The summed E-state index contributed by atoms with van der Waals surface area (Å²) in [4.78, 5) is 10.0. The van der Waals surface area contributed by atoms with Crippen LogP contribution in [0.5, 0.6) is 0 Å². The zero-order valence-electron chi connectivity index (χ0n) is 6.66. The monoisotopic (exact) mass is 158 g/mol. The van der Waals surface area contributed by atoms with Crippen molar-refractivity contribution in [1.82, 2.24) is 0 Å². The van der Waals surface area contributed by atoms with E-state index in [2.05, 4.69) is 0 Å². The van der Waals surface area contributed by atoms with Crippen LogP contribution in [0.1, 0.15) is 26.2 Å². The van der Waals surface area contributed by atoms with Crippen LogP contribution in [0.15, 0.2) is 12.2 Å². The lowest BCUT2D eigenvalue weighted by Crippen LogP contribution is -2.09. The largest absolute Gasteiger partial charge is 0.481 e. The van der Waals surface area contributed by atoms with Crippen LogP contribution in [0.3, 0.4) is 0 Å². The summed E-state index contributed by atoms with van der Waals surface area (Å²) in [6.07, 6.45) is 4.18. The molecule has 64 valence electrons. The van der Waals surface area contributed by atoms with E-state index >= 15 is 0 Å². The van der Waals surface area contributed by atoms with Gasteiger partial charge in [0.15, 0.2) is 0 Å². The smallest absolute Gasteiger partial charge is 0.306 e. The predicted octanol–water partition coefficient (Wildman–Crippen LogP) is 1.18. The van der Waals surface area contributed by atoms with Gasteiger partial charge in [-0.2, -0.15) is 0 Å². The summed E-state index contributed by atoms with van der Waals surface area (Å²) in [6.45, 7) is 2.02. The van der Waals surface area contributed by atoms with Crippen molar-refractivity contribution in [3.63, 3.8) is 0 Å². The van der Waals surface area contributed by atoms with Crippen LogP contribution in [-0.4, -0.2) is 22.3 Å². The van der Waals surface area contributed by atoms with Crippen LogP contribution in [-0.2, 0) is 4.79 Å². The van der Waals surface area contributed by atoms with Crippen molar-refractivity contribution in [2.45, 2.75) is 32.3 Å². The molecule has 0 aromatic heterocycles. The van der Waals surface area contributed by atoms with Gasteiger partial charge in [-0.05, 0) is 6.42 Å². The highest BCUT2D eigenvalue weighted by atomic mass is 16.4. The molecule has 0 bridgehead atoms. The fourth-order valence-electron chi connectivity index (χ4n) is 0.667. The van der Waals surface area contributed by atoms with Gasteiger partial charge in [0.25, 0.3) is 0 Å². The van der Waals surface area contributed by atoms with Gasteiger partial charge >= 0.3 is 5.97 Å². The Bertz CT molecular complexity index is 140. The highest BCUT2D eigenvalue weighted by Crippen LogP contribution is 1.96. The van der Waals surface area contributed by atoms with Crippen LogP contribution in [0.2, 0.25) is 0 Å². The molecule has 0 saturated carbocycles. The number of rotatable bonds is 5. The van der Waals surface area contributed by atoms with Gasteiger partial charge in [-0.15, -0.1) is 0 Å². The molecule has 0 heterocycles. The Morgan fingerprint density at radius 1 is 1.64 bits per heavy atom. The first-order valence-corrected chi connectivity index (χ1v) is 3.73. The molecule has 2 N–H and O–H groups in total. The summed E-state index contributed by atoms with van der Waals surface area (Å²) in [5.41, 5.74) is 0. The molecule has 0 fully saturated rings. The van der Waals surface area contributed by atoms with Gasteiger partial charge in [-0.3, -0.25) is 4.79 Å². The second-order valence-corrected chi connectivity index (χ2v) is 2.38. The minimum Gasteiger partial charge on any atom is -0.481 e. The Balaban J connectivity index is 3.50. The molecule has 0 saturated heterocycles. The third-order valence-corrected chi connectivity index (χ3v) is 1.20. The van der Waals surface area contributed by atoms with Crippen molar-refractivity contribution in [2.75, 3.05) is 0 Å². The van der Waals surface area contributed by atoms with Crippen molar-refractivity contribution in [3.8, 4) is 0 Å². The lowest BCUT2D eigenvalue weighted by molar-refractivity contribution is -0.138. The number of allylic oxidation sites excluding steroid dienone is 1. The molecule has 3 nitrogen and oxygen atoms in total. The van der Waals surface area contributed by atoms with E-state index in [1.807, 2.05) is 6.92 Å². The van der Waals surface area contributed by atoms with Gasteiger partial charge in [0.05, 0.1) is 12.5 Å². The highest BCUT2D eigenvalue weighted by molar-refractivity contribution is 5.67. The molecule has 0 aliphatic carbocycles. The van der Waals surface area contributed by atoms with Crippen LogP contribution in [0.4, 0.5) is 0 Å².